The number of aromatic nitrogens is 2. The predicted molar refractivity (Wildman–Crippen MR) is 103 cm³/mol. The summed E-state index contributed by atoms with van der Waals surface area (Å²) >= 11 is 1.36. The van der Waals surface area contributed by atoms with Crippen LogP contribution in [0.1, 0.15) is 30.8 Å². The average molecular weight is 389 g/mol. The topological polar surface area (TPSA) is 33.1 Å². The van der Waals surface area contributed by atoms with Gasteiger partial charge in [0, 0.05) is 19.3 Å². The van der Waals surface area contributed by atoms with Crippen LogP contribution in [0.5, 0.6) is 0 Å². The Hall–Kier alpha value is -1.80. The highest BCUT2D eigenvalue weighted by molar-refractivity contribution is 7.16. The summed E-state index contributed by atoms with van der Waals surface area (Å²) in [4.78, 5) is 3.76. The van der Waals surface area contributed by atoms with Gasteiger partial charge in [-0.2, -0.15) is 18.3 Å². The van der Waals surface area contributed by atoms with E-state index in [4.69, 9.17) is 0 Å². The largest absolute Gasteiger partial charge is 0.433 e. The molecule has 0 radical (unpaired) electrons. The van der Waals surface area contributed by atoms with Crippen LogP contribution in [0.2, 0.25) is 0 Å². The van der Waals surface area contributed by atoms with Gasteiger partial charge < -0.3 is 10.2 Å². The number of nitrogens with one attached hydrogen (secondary N) is 1. The second-order valence-electron chi connectivity index (χ2n) is 6.01. The van der Waals surface area contributed by atoms with Gasteiger partial charge in [0.25, 0.3) is 0 Å². The third kappa shape index (κ3) is 6.49. The molecule has 146 valence electrons. The molecule has 2 aromatic rings. The summed E-state index contributed by atoms with van der Waals surface area (Å²) in [6.45, 7) is 9.96. The van der Waals surface area contributed by atoms with E-state index >= 15 is 0 Å². The lowest BCUT2D eigenvalue weighted by atomic mass is 10.3. The molecule has 0 aliphatic carbocycles. The Kier molecular flexibility index (Phi) is 8.36. The van der Waals surface area contributed by atoms with Crippen molar-refractivity contribution in [1.29, 1.82) is 0 Å². The summed E-state index contributed by atoms with van der Waals surface area (Å²) in [5.74, 6) is 0. The first-order valence-electron chi connectivity index (χ1n) is 8.39. The van der Waals surface area contributed by atoms with Gasteiger partial charge in [0.1, 0.15) is 11.4 Å². The Bertz CT molecular complexity index is 702. The summed E-state index contributed by atoms with van der Waals surface area (Å²) in [7, 11) is 5.46. The Morgan fingerprint density at radius 1 is 1.31 bits per heavy atom. The number of nitrogens with zero attached hydrogens (tertiary/aromatic N) is 3. The van der Waals surface area contributed by atoms with Gasteiger partial charge in [-0.25, -0.2) is 0 Å². The number of halogens is 3. The number of thiophene rings is 1. The van der Waals surface area contributed by atoms with E-state index in [0.29, 0.717) is 10.6 Å². The first-order chi connectivity index (χ1) is 12.1. The summed E-state index contributed by atoms with van der Waals surface area (Å²) in [6.07, 6.45) is -3.14. The smallest absolute Gasteiger partial charge is 0.385 e. The standard InChI is InChI=1S/C13H14F3N3S.C5H13N/c1-4-17-8(2)10-5-6-11(20-10)9-7-12(13(14,15)16)19(3)18-9;1-4-5-6(2)3/h5-7,17H,2,4H2,1,3H3;4-5H2,1-3H3. The van der Waals surface area contributed by atoms with Crippen LogP contribution in [0.3, 0.4) is 0 Å². The SMILES string of the molecule is C=C(NCC)c1ccc(-c2cc(C(F)(F)F)n(C)n2)s1.CCCN(C)C. The van der Waals surface area contributed by atoms with Gasteiger partial charge in [0.15, 0.2) is 0 Å². The monoisotopic (exact) mass is 388 g/mol. The minimum Gasteiger partial charge on any atom is -0.385 e. The van der Waals surface area contributed by atoms with E-state index < -0.39 is 11.9 Å². The van der Waals surface area contributed by atoms with Gasteiger partial charge in [-0.15, -0.1) is 11.3 Å². The lowest BCUT2D eigenvalue weighted by Crippen LogP contribution is -2.11. The fraction of sp³-hybridized carbons (Fsp3) is 0.500. The molecule has 4 nitrogen and oxygen atoms in total. The number of hydrogen-bond acceptors (Lipinski definition) is 4. The van der Waals surface area contributed by atoms with Crippen molar-refractivity contribution in [3.63, 3.8) is 0 Å². The zero-order valence-electron chi connectivity index (χ0n) is 15.9. The second kappa shape index (κ2) is 9.78. The van der Waals surface area contributed by atoms with Crippen molar-refractivity contribution in [1.82, 2.24) is 20.0 Å². The predicted octanol–water partition coefficient (Wildman–Crippen LogP) is 4.71. The summed E-state index contributed by atoms with van der Waals surface area (Å²) in [5.41, 5.74) is 0.323. The van der Waals surface area contributed by atoms with Gasteiger partial charge in [0.05, 0.1) is 9.75 Å². The van der Waals surface area contributed by atoms with E-state index in [2.05, 4.69) is 42.9 Å². The van der Waals surface area contributed by atoms with E-state index in [1.165, 1.54) is 31.4 Å². The molecular formula is C18H27F3N4S. The van der Waals surface area contributed by atoms with Crippen molar-refractivity contribution < 1.29 is 13.2 Å². The molecule has 26 heavy (non-hydrogen) atoms. The fourth-order valence-electron chi connectivity index (χ4n) is 2.24. The molecule has 0 unspecified atom stereocenters. The summed E-state index contributed by atoms with van der Waals surface area (Å²) in [5, 5.41) is 7.00. The summed E-state index contributed by atoms with van der Waals surface area (Å²) in [6, 6.07) is 4.64. The van der Waals surface area contributed by atoms with Crippen molar-refractivity contribution >= 4 is 17.0 Å². The van der Waals surface area contributed by atoms with Crippen molar-refractivity contribution in [2.24, 2.45) is 7.05 Å². The Balaban J connectivity index is 0.000000487. The maximum absolute atomic E-state index is 12.7. The zero-order valence-corrected chi connectivity index (χ0v) is 16.8. The number of alkyl halides is 3. The molecule has 0 saturated carbocycles. The molecule has 0 aliphatic heterocycles. The third-order valence-corrected chi connectivity index (χ3v) is 4.55. The van der Waals surface area contributed by atoms with Gasteiger partial charge in [-0.05, 0) is 52.2 Å². The normalized spacial score (nSPS) is 11.3. The van der Waals surface area contributed by atoms with Gasteiger partial charge in [-0.1, -0.05) is 13.5 Å². The van der Waals surface area contributed by atoms with Crippen LogP contribution in [-0.4, -0.2) is 41.9 Å². The molecule has 0 bridgehead atoms. The highest BCUT2D eigenvalue weighted by atomic mass is 32.1. The Labute approximate surface area is 157 Å². The molecule has 0 aromatic carbocycles. The highest BCUT2D eigenvalue weighted by Gasteiger charge is 2.35. The van der Waals surface area contributed by atoms with E-state index in [9.17, 15) is 13.2 Å². The van der Waals surface area contributed by atoms with Crippen molar-refractivity contribution in [3.8, 4) is 10.6 Å². The first-order valence-corrected chi connectivity index (χ1v) is 9.21. The molecule has 0 spiro atoms. The molecule has 1 N–H and O–H groups in total. The minimum absolute atomic E-state index is 0.320. The van der Waals surface area contributed by atoms with E-state index in [0.717, 1.165) is 27.9 Å². The maximum Gasteiger partial charge on any atom is 0.433 e. The third-order valence-electron chi connectivity index (χ3n) is 3.39. The van der Waals surface area contributed by atoms with E-state index in [1.54, 1.807) is 6.07 Å². The minimum atomic E-state index is -4.40. The van der Waals surface area contributed by atoms with E-state index in [-0.39, 0.29) is 0 Å². The lowest BCUT2D eigenvalue weighted by Gasteiger charge is -2.04. The van der Waals surface area contributed by atoms with Crippen LogP contribution in [0.15, 0.2) is 24.8 Å². The molecule has 2 heterocycles. The molecule has 0 aliphatic rings. The summed E-state index contributed by atoms with van der Waals surface area (Å²) < 4.78 is 39.0. The molecule has 0 saturated heterocycles. The molecule has 0 fully saturated rings. The van der Waals surface area contributed by atoms with Gasteiger partial charge in [0.2, 0.25) is 0 Å². The van der Waals surface area contributed by atoms with Gasteiger partial charge >= 0.3 is 6.18 Å². The zero-order chi connectivity index (χ0) is 19.9. The molecular weight excluding hydrogens is 361 g/mol. The molecule has 2 rings (SSSR count). The van der Waals surface area contributed by atoms with Gasteiger partial charge in [-0.3, -0.25) is 4.68 Å². The number of aryl methyl sites for hydroxylation is 1. The van der Waals surface area contributed by atoms with Crippen LogP contribution in [0.25, 0.3) is 16.3 Å². The first kappa shape index (κ1) is 22.2. The Morgan fingerprint density at radius 2 is 1.96 bits per heavy atom. The quantitative estimate of drug-likeness (QED) is 0.778. The number of rotatable bonds is 6. The lowest BCUT2D eigenvalue weighted by molar-refractivity contribution is -0.143. The molecule has 2 aromatic heterocycles. The van der Waals surface area contributed by atoms with Crippen molar-refractivity contribution in [3.05, 3.63) is 35.3 Å². The number of hydrogen-bond donors (Lipinski definition) is 1. The van der Waals surface area contributed by atoms with E-state index in [1.807, 2.05) is 13.0 Å². The van der Waals surface area contributed by atoms with Crippen LogP contribution < -0.4 is 5.32 Å². The van der Waals surface area contributed by atoms with Crippen LogP contribution >= 0.6 is 11.3 Å². The van der Waals surface area contributed by atoms with Crippen molar-refractivity contribution in [2.75, 3.05) is 27.2 Å². The highest BCUT2D eigenvalue weighted by Crippen LogP contribution is 2.34. The van der Waals surface area contributed by atoms with Crippen LogP contribution in [0, 0.1) is 0 Å². The van der Waals surface area contributed by atoms with Crippen LogP contribution in [-0.2, 0) is 13.2 Å². The van der Waals surface area contributed by atoms with Crippen LogP contribution in [0.4, 0.5) is 13.2 Å². The molecule has 0 amide bonds. The fourth-order valence-corrected chi connectivity index (χ4v) is 3.15. The average Bonchev–Trinajstić information content (AvgIpc) is 3.13. The molecule has 0 atom stereocenters. The molecule has 8 heteroatoms. The van der Waals surface area contributed by atoms with Crippen molar-refractivity contribution in [2.45, 2.75) is 26.4 Å². The second-order valence-corrected chi connectivity index (χ2v) is 7.10. The maximum atomic E-state index is 12.7. The Morgan fingerprint density at radius 3 is 2.38 bits per heavy atom.